The zero-order chi connectivity index (χ0) is 22.1. The molecule has 0 aliphatic heterocycles. The second-order valence-electron chi connectivity index (χ2n) is 7.77. The van der Waals surface area contributed by atoms with Crippen LogP contribution in [0, 0.1) is 31.1 Å². The average Bonchev–Trinajstić information content (AvgIpc) is 2.98. The number of rotatable bonds is 9. The number of carbonyl (C=O) groups is 2. The lowest BCUT2D eigenvalue weighted by Gasteiger charge is -2.12. The average molecular weight is 407 g/mol. The van der Waals surface area contributed by atoms with E-state index < -0.39 is 5.91 Å². The second kappa shape index (κ2) is 11.0. The molecule has 0 saturated carbocycles. The van der Waals surface area contributed by atoms with Crippen molar-refractivity contribution in [2.24, 2.45) is 5.92 Å². The van der Waals surface area contributed by atoms with Gasteiger partial charge in [-0.15, -0.1) is 0 Å². The molecule has 0 saturated heterocycles. The summed E-state index contributed by atoms with van der Waals surface area (Å²) < 4.78 is 2.18. The summed E-state index contributed by atoms with van der Waals surface area (Å²) in [5.41, 5.74) is 4.05. The predicted molar refractivity (Wildman–Crippen MR) is 118 cm³/mol. The van der Waals surface area contributed by atoms with Gasteiger partial charge in [0, 0.05) is 24.5 Å². The summed E-state index contributed by atoms with van der Waals surface area (Å²) in [5, 5.41) is 14.7. The Labute approximate surface area is 178 Å². The predicted octanol–water partition coefficient (Wildman–Crippen LogP) is 3.14. The number of aromatic nitrogens is 1. The highest BCUT2D eigenvalue weighted by molar-refractivity contribution is 6.03. The minimum Gasteiger partial charge on any atom is -0.354 e. The largest absolute Gasteiger partial charge is 0.354 e. The van der Waals surface area contributed by atoms with E-state index in [4.69, 9.17) is 0 Å². The van der Waals surface area contributed by atoms with Crippen LogP contribution in [0.2, 0.25) is 0 Å². The van der Waals surface area contributed by atoms with Crippen molar-refractivity contribution in [3.63, 3.8) is 0 Å². The van der Waals surface area contributed by atoms with Gasteiger partial charge in [0.1, 0.15) is 11.6 Å². The molecule has 0 fully saturated rings. The summed E-state index contributed by atoms with van der Waals surface area (Å²) in [5.74, 6) is -0.346. The second-order valence-corrected chi connectivity index (χ2v) is 7.77. The van der Waals surface area contributed by atoms with Gasteiger partial charge in [0.25, 0.3) is 5.91 Å². The number of nitriles is 1. The molecule has 0 aliphatic carbocycles. The van der Waals surface area contributed by atoms with Crippen molar-refractivity contribution in [2.45, 2.75) is 40.7 Å². The number of hydrogen-bond acceptors (Lipinski definition) is 3. The Hall–Kier alpha value is -3.33. The highest BCUT2D eigenvalue weighted by Crippen LogP contribution is 2.19. The van der Waals surface area contributed by atoms with Crippen molar-refractivity contribution in [3.05, 3.63) is 64.5 Å². The number of hydrogen-bond donors (Lipinski definition) is 2. The third-order valence-corrected chi connectivity index (χ3v) is 4.81. The van der Waals surface area contributed by atoms with Gasteiger partial charge in [-0.25, -0.2) is 0 Å². The van der Waals surface area contributed by atoms with Crippen molar-refractivity contribution in [2.75, 3.05) is 13.1 Å². The standard InChI is InChI=1S/C24H30N4O2/c1-17(2)16-28-18(3)12-21(19(28)4)13-22(14-25)24(30)27-15-23(29)26-11-10-20-8-6-5-7-9-20/h5-9,12-13,17H,10-11,15-16H2,1-4H3,(H,26,29)(H,27,30)/b22-13-. The quantitative estimate of drug-likeness (QED) is 0.495. The van der Waals surface area contributed by atoms with E-state index in [2.05, 4.69) is 29.0 Å². The van der Waals surface area contributed by atoms with Gasteiger partial charge in [0.2, 0.25) is 5.91 Å². The van der Waals surface area contributed by atoms with Crippen LogP contribution in [0.5, 0.6) is 0 Å². The summed E-state index contributed by atoms with van der Waals surface area (Å²) in [6, 6.07) is 13.8. The zero-order valence-electron chi connectivity index (χ0n) is 18.2. The van der Waals surface area contributed by atoms with Crippen molar-refractivity contribution >= 4 is 17.9 Å². The molecule has 0 radical (unpaired) electrons. The zero-order valence-corrected chi connectivity index (χ0v) is 18.2. The molecule has 6 heteroatoms. The monoisotopic (exact) mass is 406 g/mol. The van der Waals surface area contributed by atoms with Crippen LogP contribution in [0.3, 0.4) is 0 Å². The van der Waals surface area contributed by atoms with Crippen LogP contribution in [0.4, 0.5) is 0 Å². The first-order valence-corrected chi connectivity index (χ1v) is 10.2. The van der Waals surface area contributed by atoms with Gasteiger partial charge < -0.3 is 15.2 Å². The van der Waals surface area contributed by atoms with Crippen molar-refractivity contribution in [1.82, 2.24) is 15.2 Å². The third-order valence-electron chi connectivity index (χ3n) is 4.81. The van der Waals surface area contributed by atoms with E-state index in [9.17, 15) is 14.9 Å². The smallest absolute Gasteiger partial charge is 0.262 e. The van der Waals surface area contributed by atoms with Crippen molar-refractivity contribution in [1.29, 1.82) is 5.26 Å². The Morgan fingerprint density at radius 2 is 1.87 bits per heavy atom. The highest BCUT2D eigenvalue weighted by Gasteiger charge is 2.14. The minimum atomic E-state index is -0.552. The first kappa shape index (κ1) is 23.0. The molecule has 0 bridgehead atoms. The summed E-state index contributed by atoms with van der Waals surface area (Å²) in [6.07, 6.45) is 2.30. The van der Waals surface area contributed by atoms with Gasteiger partial charge in [-0.2, -0.15) is 5.26 Å². The first-order valence-electron chi connectivity index (χ1n) is 10.2. The van der Waals surface area contributed by atoms with Gasteiger partial charge in [-0.1, -0.05) is 44.2 Å². The van der Waals surface area contributed by atoms with Gasteiger partial charge in [-0.05, 0) is 49.5 Å². The number of amides is 2. The van der Waals surface area contributed by atoms with E-state index in [1.54, 1.807) is 6.08 Å². The van der Waals surface area contributed by atoms with Crippen LogP contribution in [0.15, 0.2) is 42.0 Å². The molecular formula is C24H30N4O2. The summed E-state index contributed by atoms with van der Waals surface area (Å²) in [7, 11) is 0. The maximum absolute atomic E-state index is 12.4. The Morgan fingerprint density at radius 1 is 1.17 bits per heavy atom. The molecule has 0 spiro atoms. The molecule has 1 aromatic carbocycles. The normalized spacial score (nSPS) is 11.3. The number of aryl methyl sites for hydroxylation is 1. The van der Waals surface area contributed by atoms with E-state index in [-0.39, 0.29) is 18.0 Å². The van der Waals surface area contributed by atoms with Crippen molar-refractivity contribution in [3.8, 4) is 6.07 Å². The molecule has 6 nitrogen and oxygen atoms in total. The molecule has 0 unspecified atom stereocenters. The van der Waals surface area contributed by atoms with Crippen LogP contribution in [-0.2, 0) is 22.6 Å². The fourth-order valence-corrected chi connectivity index (χ4v) is 3.23. The van der Waals surface area contributed by atoms with E-state index in [1.165, 1.54) is 0 Å². The molecular weight excluding hydrogens is 376 g/mol. The molecule has 158 valence electrons. The maximum atomic E-state index is 12.4. The van der Waals surface area contributed by atoms with E-state index in [0.717, 1.165) is 35.5 Å². The van der Waals surface area contributed by atoms with Crippen LogP contribution in [-0.4, -0.2) is 29.5 Å². The van der Waals surface area contributed by atoms with E-state index >= 15 is 0 Å². The van der Waals surface area contributed by atoms with Crippen LogP contribution >= 0.6 is 0 Å². The maximum Gasteiger partial charge on any atom is 0.262 e. The van der Waals surface area contributed by atoms with E-state index in [0.29, 0.717) is 12.5 Å². The topological polar surface area (TPSA) is 86.9 Å². The molecule has 1 aromatic heterocycles. The highest BCUT2D eigenvalue weighted by atomic mass is 16.2. The van der Waals surface area contributed by atoms with Crippen molar-refractivity contribution < 1.29 is 9.59 Å². The lowest BCUT2D eigenvalue weighted by molar-refractivity contribution is -0.124. The number of benzene rings is 1. The molecule has 1 heterocycles. The lowest BCUT2D eigenvalue weighted by Crippen LogP contribution is -2.38. The summed E-state index contributed by atoms with van der Waals surface area (Å²) in [4.78, 5) is 24.4. The van der Waals surface area contributed by atoms with Crippen LogP contribution in [0.25, 0.3) is 6.08 Å². The first-order chi connectivity index (χ1) is 14.3. The SMILES string of the molecule is Cc1cc(/C=C(/C#N)C(=O)NCC(=O)NCCc2ccccc2)c(C)n1CC(C)C. The van der Waals surface area contributed by atoms with Gasteiger partial charge in [-0.3, -0.25) is 9.59 Å². The Morgan fingerprint density at radius 3 is 2.50 bits per heavy atom. The number of nitrogens with zero attached hydrogens (tertiary/aromatic N) is 2. The van der Waals surface area contributed by atoms with Gasteiger partial charge in [0.05, 0.1) is 6.54 Å². The fraction of sp³-hybridized carbons (Fsp3) is 0.375. The summed E-state index contributed by atoms with van der Waals surface area (Å²) >= 11 is 0. The Balaban J connectivity index is 1.91. The van der Waals surface area contributed by atoms with Gasteiger partial charge in [0.15, 0.2) is 0 Å². The summed E-state index contributed by atoms with van der Waals surface area (Å²) in [6.45, 7) is 9.48. The van der Waals surface area contributed by atoms with Crippen LogP contribution < -0.4 is 10.6 Å². The van der Waals surface area contributed by atoms with E-state index in [1.807, 2.05) is 56.3 Å². The minimum absolute atomic E-state index is 0.0168. The molecule has 2 rings (SSSR count). The molecule has 0 aliphatic rings. The molecule has 2 aromatic rings. The number of nitrogens with one attached hydrogen (secondary N) is 2. The van der Waals surface area contributed by atoms with Gasteiger partial charge >= 0.3 is 0 Å². The molecule has 2 amide bonds. The van der Waals surface area contributed by atoms with Crippen LogP contribution in [0.1, 0.15) is 36.4 Å². The Kier molecular flexibility index (Phi) is 8.42. The molecule has 2 N–H and O–H groups in total. The molecule has 0 atom stereocenters. The number of carbonyl (C=O) groups excluding carboxylic acids is 2. The molecule has 30 heavy (non-hydrogen) atoms. The third kappa shape index (κ3) is 6.63. The lowest BCUT2D eigenvalue weighted by atomic mass is 10.1. The fourth-order valence-electron chi connectivity index (χ4n) is 3.23. The Bertz CT molecular complexity index is 950.